The van der Waals surface area contributed by atoms with E-state index in [9.17, 15) is 26.4 Å². The second kappa shape index (κ2) is 7.06. The number of aromatic nitrogens is 1. The van der Waals surface area contributed by atoms with Gasteiger partial charge in [0.1, 0.15) is 10.6 Å². The smallest absolute Gasteiger partial charge is 0.422 e. The minimum Gasteiger partial charge on any atom is -0.482 e. The second-order valence-corrected chi connectivity index (χ2v) is 8.38. The molecule has 0 aliphatic heterocycles. The Morgan fingerprint density at radius 2 is 1.88 bits per heavy atom. The summed E-state index contributed by atoms with van der Waals surface area (Å²) in [5.74, 6) is -1.24. The minimum absolute atomic E-state index is 0.0719. The number of anilines is 1. The summed E-state index contributed by atoms with van der Waals surface area (Å²) >= 11 is 0. The summed E-state index contributed by atoms with van der Waals surface area (Å²) in [7, 11) is -4.01. The number of pyridine rings is 1. The van der Waals surface area contributed by atoms with E-state index >= 15 is 0 Å². The van der Waals surface area contributed by atoms with Crippen molar-refractivity contribution in [3.8, 4) is 5.75 Å². The topological polar surface area (TPSA) is 106 Å². The second-order valence-electron chi connectivity index (χ2n) is 6.16. The predicted octanol–water partition coefficient (Wildman–Crippen LogP) is 3.20. The fourth-order valence-corrected chi connectivity index (χ4v) is 3.50. The molecule has 0 radical (unpaired) electrons. The van der Waals surface area contributed by atoms with Gasteiger partial charge in [0.2, 0.25) is 0 Å². The summed E-state index contributed by atoms with van der Waals surface area (Å²) in [4.78, 5) is 14.1. The lowest BCUT2D eigenvalue weighted by Crippen LogP contribution is -2.25. The summed E-state index contributed by atoms with van der Waals surface area (Å²) in [6.45, 7) is 4.41. The standard InChI is InChI=1S/C14H19F3N2O5S/c1-5-25(22,23)10-9(13(2,3)4)8(24-7-14(15,16)17)6-18-11(10)19-12(20)21/h6H,5,7H2,1-4H3,(H,18,19)(H,20,21). The first-order chi connectivity index (χ1) is 11.2. The van der Waals surface area contributed by atoms with Crippen molar-refractivity contribution in [2.45, 2.75) is 44.2 Å². The van der Waals surface area contributed by atoms with Crippen LogP contribution in [0.15, 0.2) is 11.1 Å². The quantitative estimate of drug-likeness (QED) is 0.808. The van der Waals surface area contributed by atoms with Crippen LogP contribution in [0.2, 0.25) is 0 Å². The SMILES string of the molecule is CCS(=O)(=O)c1c(NC(=O)O)ncc(OCC(F)(F)F)c1C(C)(C)C. The summed E-state index contributed by atoms with van der Waals surface area (Å²) in [5.41, 5.74) is -1.03. The number of halogens is 3. The highest BCUT2D eigenvalue weighted by molar-refractivity contribution is 7.91. The van der Waals surface area contributed by atoms with E-state index in [1.165, 1.54) is 6.92 Å². The van der Waals surface area contributed by atoms with Crippen LogP contribution in [0.1, 0.15) is 33.3 Å². The molecule has 0 aliphatic rings. The molecule has 0 saturated heterocycles. The number of nitrogens with zero attached hydrogens (tertiary/aromatic N) is 1. The Bertz CT molecular complexity index is 755. The molecule has 142 valence electrons. The van der Waals surface area contributed by atoms with E-state index < -0.39 is 50.6 Å². The van der Waals surface area contributed by atoms with Crippen LogP contribution in [0.3, 0.4) is 0 Å². The Morgan fingerprint density at radius 3 is 2.28 bits per heavy atom. The largest absolute Gasteiger partial charge is 0.482 e. The lowest BCUT2D eigenvalue weighted by molar-refractivity contribution is -0.153. The van der Waals surface area contributed by atoms with Gasteiger partial charge in [0, 0.05) is 5.56 Å². The van der Waals surface area contributed by atoms with Gasteiger partial charge in [-0.25, -0.2) is 18.2 Å². The maximum Gasteiger partial charge on any atom is 0.422 e. The molecule has 0 saturated carbocycles. The number of amides is 1. The fraction of sp³-hybridized carbons (Fsp3) is 0.571. The number of ether oxygens (including phenoxy) is 1. The zero-order chi connectivity index (χ0) is 19.6. The molecule has 0 aliphatic carbocycles. The van der Waals surface area contributed by atoms with Crippen molar-refractivity contribution in [1.29, 1.82) is 0 Å². The Hall–Kier alpha value is -2.04. The van der Waals surface area contributed by atoms with E-state index in [0.29, 0.717) is 0 Å². The third kappa shape index (κ3) is 5.48. The van der Waals surface area contributed by atoms with Gasteiger partial charge in [-0.05, 0) is 5.41 Å². The number of alkyl halides is 3. The average molecular weight is 384 g/mol. The summed E-state index contributed by atoms with van der Waals surface area (Å²) in [6.07, 6.45) is -5.30. The number of hydrogen-bond acceptors (Lipinski definition) is 5. The Balaban J connectivity index is 3.73. The molecule has 25 heavy (non-hydrogen) atoms. The van der Waals surface area contributed by atoms with Crippen LogP contribution in [-0.4, -0.2) is 43.1 Å². The van der Waals surface area contributed by atoms with E-state index in [0.717, 1.165) is 6.20 Å². The molecule has 1 aromatic heterocycles. The number of carbonyl (C=O) groups is 1. The van der Waals surface area contributed by atoms with Gasteiger partial charge < -0.3 is 9.84 Å². The van der Waals surface area contributed by atoms with Crippen molar-refractivity contribution in [2.24, 2.45) is 0 Å². The molecule has 0 bridgehead atoms. The minimum atomic E-state index is -4.63. The number of carboxylic acid groups (broad SMARTS) is 1. The first kappa shape index (κ1) is 21.0. The average Bonchev–Trinajstić information content (AvgIpc) is 2.42. The van der Waals surface area contributed by atoms with E-state index in [2.05, 4.69) is 4.98 Å². The first-order valence-corrected chi connectivity index (χ1v) is 8.80. The van der Waals surface area contributed by atoms with Gasteiger partial charge in [0.05, 0.1) is 11.9 Å². The number of rotatable bonds is 5. The molecule has 0 spiro atoms. The van der Waals surface area contributed by atoms with Gasteiger partial charge in [-0.1, -0.05) is 27.7 Å². The van der Waals surface area contributed by atoms with Crippen LogP contribution >= 0.6 is 0 Å². The fourth-order valence-electron chi connectivity index (χ4n) is 2.09. The number of hydrogen-bond donors (Lipinski definition) is 2. The lowest BCUT2D eigenvalue weighted by Gasteiger charge is -2.27. The van der Waals surface area contributed by atoms with Crippen LogP contribution < -0.4 is 10.1 Å². The Labute approximate surface area is 143 Å². The van der Waals surface area contributed by atoms with E-state index in [1.807, 2.05) is 5.32 Å². The summed E-state index contributed by atoms with van der Waals surface area (Å²) in [6, 6.07) is 0. The zero-order valence-corrected chi connectivity index (χ0v) is 14.9. The summed E-state index contributed by atoms with van der Waals surface area (Å²) < 4.78 is 67.1. The van der Waals surface area contributed by atoms with Crippen molar-refractivity contribution in [1.82, 2.24) is 4.98 Å². The van der Waals surface area contributed by atoms with Crippen LogP contribution in [0.25, 0.3) is 0 Å². The normalized spacial score (nSPS) is 12.8. The van der Waals surface area contributed by atoms with Gasteiger partial charge in [-0.3, -0.25) is 5.32 Å². The molecular weight excluding hydrogens is 365 g/mol. The molecular formula is C14H19F3N2O5S. The van der Waals surface area contributed by atoms with Crippen molar-refractivity contribution in [3.63, 3.8) is 0 Å². The number of nitrogens with one attached hydrogen (secondary N) is 1. The van der Waals surface area contributed by atoms with Crippen molar-refractivity contribution in [3.05, 3.63) is 11.8 Å². The molecule has 1 rings (SSSR count). The van der Waals surface area contributed by atoms with E-state index in [1.54, 1.807) is 20.8 Å². The molecule has 2 N–H and O–H groups in total. The van der Waals surface area contributed by atoms with Crippen LogP contribution in [0.5, 0.6) is 5.75 Å². The first-order valence-electron chi connectivity index (χ1n) is 7.14. The van der Waals surface area contributed by atoms with Gasteiger partial charge in [-0.15, -0.1) is 0 Å². The molecule has 0 fully saturated rings. The van der Waals surface area contributed by atoms with E-state index in [4.69, 9.17) is 9.84 Å². The molecule has 11 heteroatoms. The maximum absolute atomic E-state index is 12.5. The van der Waals surface area contributed by atoms with Gasteiger partial charge in [0.25, 0.3) is 0 Å². The highest BCUT2D eigenvalue weighted by Gasteiger charge is 2.35. The third-order valence-electron chi connectivity index (χ3n) is 3.06. The monoisotopic (exact) mass is 384 g/mol. The predicted molar refractivity (Wildman–Crippen MR) is 83.9 cm³/mol. The highest BCUT2D eigenvalue weighted by Crippen LogP contribution is 2.40. The lowest BCUT2D eigenvalue weighted by atomic mass is 9.86. The molecule has 1 aromatic rings. The third-order valence-corrected chi connectivity index (χ3v) is 4.84. The molecule has 1 heterocycles. The maximum atomic E-state index is 12.5. The molecule has 0 unspecified atom stereocenters. The zero-order valence-electron chi connectivity index (χ0n) is 14.1. The van der Waals surface area contributed by atoms with Gasteiger partial charge >= 0.3 is 12.3 Å². The van der Waals surface area contributed by atoms with Gasteiger partial charge in [-0.2, -0.15) is 13.2 Å². The van der Waals surface area contributed by atoms with E-state index in [-0.39, 0.29) is 11.3 Å². The van der Waals surface area contributed by atoms with Crippen molar-refractivity contribution >= 4 is 21.7 Å². The van der Waals surface area contributed by atoms with Crippen LogP contribution in [0.4, 0.5) is 23.8 Å². The van der Waals surface area contributed by atoms with Crippen molar-refractivity contribution in [2.75, 3.05) is 17.7 Å². The molecule has 0 aromatic carbocycles. The number of sulfone groups is 1. The van der Waals surface area contributed by atoms with Crippen LogP contribution in [-0.2, 0) is 15.3 Å². The highest BCUT2D eigenvalue weighted by atomic mass is 32.2. The van der Waals surface area contributed by atoms with Gasteiger partial charge in [0.15, 0.2) is 22.3 Å². The molecule has 0 atom stereocenters. The van der Waals surface area contributed by atoms with Crippen molar-refractivity contribution < 1.29 is 36.2 Å². The summed E-state index contributed by atoms with van der Waals surface area (Å²) in [5, 5.41) is 10.8. The molecule has 7 nitrogen and oxygen atoms in total. The molecule has 1 amide bonds. The van der Waals surface area contributed by atoms with Crippen LogP contribution in [0, 0.1) is 0 Å². The Kier molecular flexibility index (Phi) is 5.93. The Morgan fingerprint density at radius 1 is 1.32 bits per heavy atom.